The molecule has 1 aliphatic carbocycles. The van der Waals surface area contributed by atoms with Gasteiger partial charge < -0.3 is 15.7 Å². The molecule has 1 aliphatic heterocycles. The fraction of sp³-hybridized carbons (Fsp3) is 0.588. The summed E-state index contributed by atoms with van der Waals surface area (Å²) in [5.74, 6) is 0. The number of aliphatic hydroxyl groups excluding tert-OH is 1. The Morgan fingerprint density at radius 1 is 1.23 bits per heavy atom. The van der Waals surface area contributed by atoms with E-state index < -0.39 is 0 Å². The minimum atomic E-state index is -0.128. The first-order chi connectivity index (χ1) is 10.7. The fourth-order valence-electron chi connectivity index (χ4n) is 2.97. The number of benzene rings is 1. The van der Waals surface area contributed by atoms with Crippen LogP contribution in [0.4, 0.5) is 4.79 Å². The summed E-state index contributed by atoms with van der Waals surface area (Å²) in [4.78, 5) is 14.1. The van der Waals surface area contributed by atoms with Crippen molar-refractivity contribution in [1.29, 1.82) is 0 Å². The van der Waals surface area contributed by atoms with E-state index in [0.717, 1.165) is 38.9 Å². The summed E-state index contributed by atoms with van der Waals surface area (Å²) in [7, 11) is 0. The number of carbonyl (C=O) groups excluding carboxylic acids is 1. The maximum Gasteiger partial charge on any atom is 0.314 e. The van der Waals surface area contributed by atoms with Gasteiger partial charge in [0.1, 0.15) is 0 Å². The second-order valence-electron chi connectivity index (χ2n) is 6.56. The van der Waals surface area contributed by atoms with Crippen molar-refractivity contribution in [2.75, 3.05) is 32.8 Å². The van der Waals surface area contributed by atoms with Crippen molar-refractivity contribution in [3.63, 3.8) is 0 Å². The van der Waals surface area contributed by atoms with Crippen LogP contribution in [0.5, 0.6) is 0 Å². The lowest BCUT2D eigenvalue weighted by Crippen LogP contribution is -2.43. The van der Waals surface area contributed by atoms with E-state index in [4.69, 9.17) is 0 Å². The normalized spacial score (nSPS) is 19.3. The standard InChI is InChI=1S/C17H25N3O2/c21-13-17(6-7-17)12-19-16(22)18-8-10-20-9-5-14-3-1-2-4-15(14)11-20/h1-4,21H,5-13H2,(H2,18,19,22). The first-order valence-corrected chi connectivity index (χ1v) is 8.12. The van der Waals surface area contributed by atoms with Gasteiger partial charge in [0, 0.05) is 38.1 Å². The molecule has 0 unspecified atom stereocenters. The summed E-state index contributed by atoms with van der Waals surface area (Å²) in [5.41, 5.74) is 2.81. The number of hydrogen-bond acceptors (Lipinski definition) is 3. The molecule has 5 heteroatoms. The summed E-state index contributed by atoms with van der Waals surface area (Å²) < 4.78 is 0. The summed E-state index contributed by atoms with van der Waals surface area (Å²) in [5, 5.41) is 15.0. The third-order valence-corrected chi connectivity index (χ3v) is 4.84. The van der Waals surface area contributed by atoms with Crippen LogP contribution in [-0.2, 0) is 13.0 Å². The van der Waals surface area contributed by atoms with Crippen LogP contribution in [0.2, 0.25) is 0 Å². The molecule has 0 aromatic heterocycles. The number of urea groups is 1. The van der Waals surface area contributed by atoms with E-state index in [9.17, 15) is 9.90 Å². The van der Waals surface area contributed by atoms with E-state index in [1.807, 2.05) is 0 Å². The van der Waals surface area contributed by atoms with Crippen LogP contribution in [0.15, 0.2) is 24.3 Å². The third-order valence-electron chi connectivity index (χ3n) is 4.84. The number of aliphatic hydroxyl groups is 1. The third kappa shape index (κ3) is 3.78. The zero-order valence-electron chi connectivity index (χ0n) is 13.0. The van der Waals surface area contributed by atoms with Crippen LogP contribution in [0.25, 0.3) is 0 Å². The molecule has 0 spiro atoms. The summed E-state index contributed by atoms with van der Waals surface area (Å²) in [6.45, 7) is 4.28. The van der Waals surface area contributed by atoms with E-state index in [1.165, 1.54) is 11.1 Å². The molecule has 2 amide bonds. The predicted octanol–water partition coefficient (Wildman–Crippen LogP) is 1.12. The van der Waals surface area contributed by atoms with Crippen molar-refractivity contribution in [3.05, 3.63) is 35.4 Å². The average molecular weight is 303 g/mol. The molecule has 3 rings (SSSR count). The SMILES string of the molecule is O=C(NCCN1CCc2ccccc2C1)NCC1(CO)CC1. The van der Waals surface area contributed by atoms with E-state index in [0.29, 0.717) is 13.1 Å². The smallest absolute Gasteiger partial charge is 0.314 e. The Hall–Kier alpha value is -1.59. The lowest BCUT2D eigenvalue weighted by molar-refractivity contribution is 0.201. The summed E-state index contributed by atoms with van der Waals surface area (Å²) in [6.07, 6.45) is 3.11. The minimum absolute atomic E-state index is 0.0338. The molecule has 5 nitrogen and oxygen atoms in total. The zero-order valence-corrected chi connectivity index (χ0v) is 13.0. The number of amides is 2. The number of rotatable bonds is 6. The first kappa shape index (κ1) is 15.3. The van der Waals surface area contributed by atoms with Crippen LogP contribution in [0, 0.1) is 5.41 Å². The lowest BCUT2D eigenvalue weighted by Gasteiger charge is -2.28. The summed E-state index contributed by atoms with van der Waals surface area (Å²) >= 11 is 0. The molecule has 2 aliphatic rings. The van der Waals surface area contributed by atoms with Gasteiger partial charge in [0.15, 0.2) is 0 Å². The highest BCUT2D eigenvalue weighted by atomic mass is 16.3. The Labute approximate surface area is 131 Å². The molecule has 120 valence electrons. The summed E-state index contributed by atoms with van der Waals surface area (Å²) in [6, 6.07) is 8.44. The van der Waals surface area contributed by atoms with Gasteiger partial charge in [0.2, 0.25) is 0 Å². The Morgan fingerprint density at radius 2 is 2.00 bits per heavy atom. The average Bonchev–Trinajstić information content (AvgIpc) is 3.33. The molecule has 1 saturated carbocycles. The van der Waals surface area contributed by atoms with Gasteiger partial charge in [0.05, 0.1) is 6.61 Å². The zero-order chi connectivity index (χ0) is 15.4. The highest BCUT2D eigenvalue weighted by Crippen LogP contribution is 2.44. The van der Waals surface area contributed by atoms with Crippen molar-refractivity contribution in [2.24, 2.45) is 5.41 Å². The quantitative estimate of drug-likeness (QED) is 0.738. The second-order valence-corrected chi connectivity index (χ2v) is 6.56. The van der Waals surface area contributed by atoms with Crippen molar-refractivity contribution in [2.45, 2.75) is 25.8 Å². The second kappa shape index (κ2) is 6.67. The number of hydrogen-bond donors (Lipinski definition) is 3. The van der Waals surface area contributed by atoms with E-state index >= 15 is 0 Å². The highest BCUT2D eigenvalue weighted by molar-refractivity contribution is 5.73. The van der Waals surface area contributed by atoms with Gasteiger partial charge in [-0.15, -0.1) is 0 Å². The number of nitrogens with one attached hydrogen (secondary N) is 2. The molecule has 3 N–H and O–H groups in total. The molecule has 22 heavy (non-hydrogen) atoms. The van der Waals surface area contributed by atoms with Crippen molar-refractivity contribution < 1.29 is 9.90 Å². The Bertz CT molecular complexity index is 528. The maximum atomic E-state index is 11.8. The lowest BCUT2D eigenvalue weighted by atomic mass is 10.00. The van der Waals surface area contributed by atoms with E-state index in [2.05, 4.69) is 39.8 Å². The Morgan fingerprint density at radius 3 is 2.73 bits per heavy atom. The monoisotopic (exact) mass is 303 g/mol. The Kier molecular flexibility index (Phi) is 4.64. The van der Waals surface area contributed by atoms with E-state index in [1.54, 1.807) is 0 Å². The molecule has 0 bridgehead atoms. The molecular weight excluding hydrogens is 278 g/mol. The highest BCUT2D eigenvalue weighted by Gasteiger charge is 2.42. The van der Waals surface area contributed by atoms with Gasteiger partial charge >= 0.3 is 6.03 Å². The Balaban J connectivity index is 1.34. The molecule has 0 saturated heterocycles. The number of fused-ring (bicyclic) bond motifs is 1. The molecular formula is C17H25N3O2. The fourth-order valence-corrected chi connectivity index (χ4v) is 2.97. The van der Waals surface area contributed by atoms with Crippen LogP contribution in [0.1, 0.15) is 24.0 Å². The van der Waals surface area contributed by atoms with Crippen LogP contribution in [0.3, 0.4) is 0 Å². The molecule has 0 radical (unpaired) electrons. The molecule has 1 aromatic carbocycles. The number of nitrogens with zero attached hydrogens (tertiary/aromatic N) is 1. The molecule has 0 atom stereocenters. The predicted molar refractivity (Wildman–Crippen MR) is 85.6 cm³/mol. The largest absolute Gasteiger partial charge is 0.396 e. The van der Waals surface area contributed by atoms with Gasteiger partial charge in [-0.05, 0) is 30.4 Å². The van der Waals surface area contributed by atoms with Gasteiger partial charge in [-0.2, -0.15) is 0 Å². The topological polar surface area (TPSA) is 64.6 Å². The van der Waals surface area contributed by atoms with Crippen LogP contribution < -0.4 is 10.6 Å². The maximum absolute atomic E-state index is 11.8. The van der Waals surface area contributed by atoms with Crippen molar-refractivity contribution in [3.8, 4) is 0 Å². The van der Waals surface area contributed by atoms with Gasteiger partial charge in [-0.3, -0.25) is 4.90 Å². The van der Waals surface area contributed by atoms with Gasteiger partial charge in [0.25, 0.3) is 0 Å². The minimum Gasteiger partial charge on any atom is -0.396 e. The molecule has 1 aromatic rings. The molecule has 1 heterocycles. The van der Waals surface area contributed by atoms with Gasteiger partial charge in [-0.25, -0.2) is 4.79 Å². The van der Waals surface area contributed by atoms with Crippen molar-refractivity contribution >= 4 is 6.03 Å². The van der Waals surface area contributed by atoms with Crippen LogP contribution in [-0.4, -0.2) is 48.8 Å². The van der Waals surface area contributed by atoms with Crippen molar-refractivity contribution in [1.82, 2.24) is 15.5 Å². The van der Waals surface area contributed by atoms with Crippen LogP contribution >= 0.6 is 0 Å². The molecule has 1 fully saturated rings. The van der Waals surface area contributed by atoms with E-state index in [-0.39, 0.29) is 18.1 Å². The van der Waals surface area contributed by atoms with Gasteiger partial charge in [-0.1, -0.05) is 24.3 Å². The first-order valence-electron chi connectivity index (χ1n) is 8.12. The number of carbonyl (C=O) groups is 1.